The molecule has 0 bridgehead atoms. The molecule has 0 aliphatic heterocycles. The van der Waals surface area contributed by atoms with Crippen LogP contribution in [0.25, 0.3) is 0 Å². The second kappa shape index (κ2) is 13.4. The predicted octanol–water partition coefficient (Wildman–Crippen LogP) is 3.22. The van der Waals surface area contributed by atoms with Crippen LogP contribution >= 0.6 is 35.3 Å². The first-order valence-electron chi connectivity index (χ1n) is 10.1. The van der Waals surface area contributed by atoms with Crippen LogP contribution in [-0.4, -0.2) is 43.2 Å². The van der Waals surface area contributed by atoms with Gasteiger partial charge in [0.05, 0.1) is 6.54 Å². The lowest BCUT2D eigenvalue weighted by atomic mass is 9.87. The van der Waals surface area contributed by atoms with Gasteiger partial charge in [0.1, 0.15) is 5.60 Å². The molecule has 0 saturated heterocycles. The second-order valence-corrected chi connectivity index (χ2v) is 8.38. The summed E-state index contributed by atoms with van der Waals surface area (Å²) < 4.78 is 0. The highest BCUT2D eigenvalue weighted by atomic mass is 127. The molecule has 0 spiro atoms. The Kier molecular flexibility index (Phi) is 12.0. The van der Waals surface area contributed by atoms with Crippen molar-refractivity contribution in [2.75, 3.05) is 26.2 Å². The Bertz CT molecular complexity index is 587. The number of amides is 1. The number of halogens is 1. The zero-order chi connectivity index (χ0) is 19.5. The van der Waals surface area contributed by atoms with E-state index in [1.807, 2.05) is 24.4 Å². The van der Waals surface area contributed by atoms with E-state index in [1.165, 1.54) is 43.4 Å². The van der Waals surface area contributed by atoms with E-state index in [0.717, 1.165) is 11.4 Å². The van der Waals surface area contributed by atoms with Gasteiger partial charge in [-0.1, -0.05) is 25.3 Å². The largest absolute Gasteiger partial charge is 0.383 e. The van der Waals surface area contributed by atoms with Gasteiger partial charge >= 0.3 is 0 Å². The molecule has 1 aromatic rings. The number of hydrogen-bond donors (Lipinski definition) is 4. The molecule has 1 aliphatic carbocycles. The molecule has 1 atom stereocenters. The van der Waals surface area contributed by atoms with Crippen LogP contribution in [0.3, 0.4) is 0 Å². The number of carbonyl (C=O) groups is 1. The number of nitrogens with zero attached hydrogens (tertiary/aromatic N) is 1. The van der Waals surface area contributed by atoms with Gasteiger partial charge in [-0.15, -0.1) is 35.3 Å². The van der Waals surface area contributed by atoms with Gasteiger partial charge in [0.15, 0.2) is 5.96 Å². The third-order valence-corrected chi connectivity index (χ3v) is 6.00. The molecule has 1 aromatic heterocycles. The predicted molar refractivity (Wildman–Crippen MR) is 127 cm³/mol. The fraction of sp³-hybridized carbons (Fsp3) is 0.700. The van der Waals surface area contributed by atoms with Crippen molar-refractivity contribution < 1.29 is 9.90 Å². The van der Waals surface area contributed by atoms with Crippen molar-refractivity contribution in [3.05, 3.63) is 22.4 Å². The van der Waals surface area contributed by atoms with Crippen LogP contribution < -0.4 is 16.0 Å². The Morgan fingerprint density at radius 3 is 2.61 bits per heavy atom. The maximum Gasteiger partial charge on any atom is 0.220 e. The van der Waals surface area contributed by atoms with Gasteiger partial charge in [0.25, 0.3) is 0 Å². The van der Waals surface area contributed by atoms with E-state index < -0.39 is 5.60 Å². The van der Waals surface area contributed by atoms with Gasteiger partial charge in [-0.05, 0) is 44.1 Å². The molecule has 8 heteroatoms. The summed E-state index contributed by atoms with van der Waals surface area (Å²) in [5, 5.41) is 21.9. The minimum Gasteiger partial charge on any atom is -0.383 e. The van der Waals surface area contributed by atoms with E-state index in [1.54, 1.807) is 6.92 Å². The molecular formula is C20H35IN4O2S. The van der Waals surface area contributed by atoms with Crippen LogP contribution in [0.2, 0.25) is 0 Å². The second-order valence-electron chi connectivity index (χ2n) is 7.43. The average molecular weight is 522 g/mol. The van der Waals surface area contributed by atoms with Crippen molar-refractivity contribution in [2.45, 2.75) is 58.0 Å². The van der Waals surface area contributed by atoms with Crippen molar-refractivity contribution in [1.82, 2.24) is 16.0 Å². The molecule has 1 unspecified atom stereocenters. The highest BCUT2D eigenvalue weighted by Gasteiger charge is 2.24. The summed E-state index contributed by atoms with van der Waals surface area (Å²) in [6.07, 6.45) is 6.86. The maximum atomic E-state index is 12.1. The van der Waals surface area contributed by atoms with E-state index in [-0.39, 0.29) is 36.4 Å². The van der Waals surface area contributed by atoms with E-state index in [9.17, 15) is 9.90 Å². The Labute approximate surface area is 190 Å². The first-order chi connectivity index (χ1) is 13.0. The number of aliphatic hydroxyl groups is 1. The summed E-state index contributed by atoms with van der Waals surface area (Å²) in [5.74, 6) is 1.35. The number of hydrogen-bond acceptors (Lipinski definition) is 4. The molecular weight excluding hydrogens is 487 g/mol. The Balaban J connectivity index is 0.00000392. The minimum atomic E-state index is -0.981. The van der Waals surface area contributed by atoms with Crippen LogP contribution in [0.5, 0.6) is 0 Å². The number of carbonyl (C=O) groups excluding carboxylic acids is 1. The lowest BCUT2D eigenvalue weighted by Gasteiger charge is -2.21. The quantitative estimate of drug-likeness (QED) is 0.174. The fourth-order valence-corrected chi connectivity index (χ4v) is 4.13. The monoisotopic (exact) mass is 522 g/mol. The van der Waals surface area contributed by atoms with Gasteiger partial charge in [-0.25, -0.2) is 4.99 Å². The smallest absolute Gasteiger partial charge is 0.220 e. The molecule has 1 fully saturated rings. The molecule has 4 N–H and O–H groups in total. The minimum absolute atomic E-state index is 0. The first-order valence-corrected chi connectivity index (χ1v) is 10.9. The van der Waals surface area contributed by atoms with Crippen LogP contribution in [-0.2, 0) is 10.4 Å². The summed E-state index contributed by atoms with van der Waals surface area (Å²) in [6.45, 7) is 5.95. The number of guanidine groups is 1. The Hall–Kier alpha value is -0.870. The molecule has 1 saturated carbocycles. The first kappa shape index (κ1) is 25.2. The summed E-state index contributed by atoms with van der Waals surface area (Å²) in [5.41, 5.74) is -0.981. The summed E-state index contributed by atoms with van der Waals surface area (Å²) >= 11 is 1.53. The topological polar surface area (TPSA) is 85.8 Å². The third-order valence-electron chi connectivity index (χ3n) is 4.88. The van der Waals surface area contributed by atoms with E-state index in [2.05, 4.69) is 20.9 Å². The Morgan fingerprint density at radius 1 is 1.25 bits per heavy atom. The zero-order valence-corrected chi connectivity index (χ0v) is 20.1. The summed E-state index contributed by atoms with van der Waals surface area (Å²) in [7, 11) is 0. The summed E-state index contributed by atoms with van der Waals surface area (Å²) in [6, 6.07) is 3.85. The number of aliphatic imine (C=N–C) groups is 1. The van der Waals surface area contributed by atoms with E-state index in [4.69, 9.17) is 0 Å². The highest BCUT2D eigenvalue weighted by Crippen LogP contribution is 2.26. The number of thiophene rings is 1. The standard InChI is InChI=1S/C20H34N4O2S.HI/c1-3-21-19(24-15-20(2,26)17-10-7-13-27-17)23-12-11-22-18(25)14-16-8-5-4-6-9-16;/h7,10,13,16,26H,3-6,8-9,11-12,14-15H2,1-2H3,(H,22,25)(H2,21,23,24);1H. The lowest BCUT2D eigenvalue weighted by Crippen LogP contribution is -2.42. The van der Waals surface area contributed by atoms with Crippen molar-refractivity contribution in [3.63, 3.8) is 0 Å². The molecule has 1 heterocycles. The molecule has 6 nitrogen and oxygen atoms in total. The zero-order valence-electron chi connectivity index (χ0n) is 17.0. The van der Waals surface area contributed by atoms with Crippen LogP contribution in [0.1, 0.15) is 57.2 Å². The van der Waals surface area contributed by atoms with Crippen molar-refractivity contribution in [3.8, 4) is 0 Å². The van der Waals surface area contributed by atoms with Crippen molar-refractivity contribution in [1.29, 1.82) is 0 Å². The van der Waals surface area contributed by atoms with Gasteiger partial charge < -0.3 is 21.1 Å². The van der Waals surface area contributed by atoms with Crippen molar-refractivity contribution in [2.24, 2.45) is 10.9 Å². The van der Waals surface area contributed by atoms with Crippen molar-refractivity contribution >= 4 is 47.2 Å². The molecule has 0 radical (unpaired) electrons. The number of nitrogens with one attached hydrogen (secondary N) is 3. The van der Waals surface area contributed by atoms with Crippen LogP contribution in [0.15, 0.2) is 22.5 Å². The molecule has 28 heavy (non-hydrogen) atoms. The average Bonchev–Trinajstić information content (AvgIpc) is 3.20. The SMILES string of the molecule is CCNC(=NCC(C)(O)c1cccs1)NCCNC(=O)CC1CCCCC1.I. The van der Waals surface area contributed by atoms with Gasteiger partial charge in [0.2, 0.25) is 5.91 Å². The van der Waals surface area contributed by atoms with E-state index in [0.29, 0.717) is 31.4 Å². The lowest BCUT2D eigenvalue weighted by molar-refractivity contribution is -0.122. The fourth-order valence-electron chi connectivity index (χ4n) is 3.35. The van der Waals surface area contributed by atoms with Gasteiger partial charge in [-0.3, -0.25) is 4.79 Å². The molecule has 2 rings (SSSR count). The van der Waals surface area contributed by atoms with Crippen LogP contribution in [0.4, 0.5) is 0 Å². The molecule has 0 aromatic carbocycles. The number of rotatable bonds is 9. The molecule has 1 amide bonds. The Morgan fingerprint density at radius 2 is 1.96 bits per heavy atom. The van der Waals surface area contributed by atoms with E-state index >= 15 is 0 Å². The molecule has 1 aliphatic rings. The third kappa shape index (κ3) is 9.09. The van der Waals surface area contributed by atoms with Gasteiger partial charge in [-0.2, -0.15) is 0 Å². The summed E-state index contributed by atoms with van der Waals surface area (Å²) in [4.78, 5) is 17.4. The normalized spacial score (nSPS) is 17.3. The van der Waals surface area contributed by atoms with Gasteiger partial charge in [0, 0.05) is 30.9 Å². The molecule has 160 valence electrons. The van der Waals surface area contributed by atoms with Crippen LogP contribution in [0, 0.1) is 5.92 Å². The maximum absolute atomic E-state index is 12.1. The highest BCUT2D eigenvalue weighted by molar-refractivity contribution is 14.0.